The van der Waals surface area contributed by atoms with Crippen LogP contribution >= 0.6 is 0 Å². The predicted molar refractivity (Wildman–Crippen MR) is 124 cm³/mol. The average Bonchev–Trinajstić information content (AvgIpc) is 3.17. The predicted octanol–water partition coefficient (Wildman–Crippen LogP) is 3.08. The quantitative estimate of drug-likeness (QED) is 0.216. The molecule has 0 spiro atoms. The maximum atomic E-state index is 14.5. The first kappa shape index (κ1) is 24.7. The number of aromatic nitrogens is 5. The van der Waals surface area contributed by atoms with E-state index >= 15 is 0 Å². The fourth-order valence-electron chi connectivity index (χ4n) is 5.00. The van der Waals surface area contributed by atoms with Gasteiger partial charge in [-0.15, -0.1) is 0 Å². The van der Waals surface area contributed by atoms with E-state index in [1.807, 2.05) is 0 Å². The monoisotopic (exact) mass is 515 g/mol. The van der Waals surface area contributed by atoms with Gasteiger partial charge in [0.25, 0.3) is 24.0 Å². The summed E-state index contributed by atoms with van der Waals surface area (Å²) in [6.45, 7) is 1.85. The molecule has 13 heteroatoms. The molecule has 194 valence electrons. The number of alkyl halides is 2. The molecule has 1 aliphatic carbocycles. The molecule has 2 aliphatic rings. The number of hydrogen-bond donors (Lipinski definition) is 3. The zero-order chi connectivity index (χ0) is 26.3. The lowest BCUT2D eigenvalue weighted by atomic mass is 10.0. The number of nitrogens with zero attached hydrogens (tertiary/aromatic N) is 4. The van der Waals surface area contributed by atoms with Gasteiger partial charge < -0.3 is 15.2 Å². The molecular weight excluding hydrogens is 491 g/mol. The Kier molecular flexibility index (Phi) is 6.52. The number of unbranched alkanes of at least 4 members (excludes halogenated alkanes) is 1. The third-order valence-corrected chi connectivity index (χ3v) is 6.85. The molecule has 0 aromatic carbocycles. The summed E-state index contributed by atoms with van der Waals surface area (Å²) >= 11 is 0. The molecule has 3 aromatic heterocycles. The molecule has 0 bridgehead atoms. The molecule has 5 rings (SSSR count). The minimum absolute atomic E-state index is 0.00880. The summed E-state index contributed by atoms with van der Waals surface area (Å²) in [5.41, 5.74) is 0.493. The molecule has 4 heterocycles. The Labute approximate surface area is 209 Å². The molecule has 3 aromatic rings. The molecule has 2 unspecified atom stereocenters. The lowest BCUT2D eigenvalue weighted by molar-refractivity contribution is -0.117. The molecule has 0 saturated heterocycles. The lowest BCUT2D eigenvalue weighted by Gasteiger charge is -2.12. The first-order valence-electron chi connectivity index (χ1n) is 11.9. The lowest BCUT2D eigenvalue weighted by Crippen LogP contribution is -2.32. The fourth-order valence-corrected chi connectivity index (χ4v) is 5.00. The van der Waals surface area contributed by atoms with Crippen LogP contribution in [0, 0.1) is 18.7 Å². The highest BCUT2D eigenvalue weighted by Crippen LogP contribution is 2.54. The zero-order valence-corrected chi connectivity index (χ0v) is 19.9. The van der Waals surface area contributed by atoms with E-state index in [0.717, 1.165) is 30.8 Å². The van der Waals surface area contributed by atoms with Crippen LogP contribution in [0.4, 0.5) is 18.9 Å². The Morgan fingerprint density at radius 3 is 2.81 bits per heavy atom. The van der Waals surface area contributed by atoms with Gasteiger partial charge in [0.05, 0.1) is 23.1 Å². The van der Waals surface area contributed by atoms with E-state index in [1.54, 1.807) is 17.7 Å². The molecular formula is C24H24F3N7O3. The Morgan fingerprint density at radius 2 is 2.08 bits per heavy atom. The second kappa shape index (κ2) is 9.79. The van der Waals surface area contributed by atoms with Crippen molar-refractivity contribution in [2.75, 3.05) is 11.9 Å². The van der Waals surface area contributed by atoms with Crippen LogP contribution in [-0.4, -0.2) is 49.1 Å². The molecule has 1 fully saturated rings. The number of halogens is 3. The molecule has 2 atom stereocenters. The van der Waals surface area contributed by atoms with E-state index < -0.39 is 41.2 Å². The minimum Gasteiger partial charge on any atom is -0.349 e. The van der Waals surface area contributed by atoms with Gasteiger partial charge in [-0.2, -0.15) is 15.4 Å². The van der Waals surface area contributed by atoms with Gasteiger partial charge in [0.15, 0.2) is 5.82 Å². The molecule has 1 aliphatic heterocycles. The summed E-state index contributed by atoms with van der Waals surface area (Å²) in [5.74, 6) is -3.32. The number of nitrogens with one attached hydrogen (secondary N) is 3. The minimum atomic E-state index is -3.14. The van der Waals surface area contributed by atoms with Crippen LogP contribution < -0.4 is 10.6 Å². The number of ketones is 1. The number of pyridine rings is 1. The van der Waals surface area contributed by atoms with Crippen molar-refractivity contribution < 1.29 is 27.6 Å². The van der Waals surface area contributed by atoms with Crippen molar-refractivity contribution in [2.45, 2.75) is 51.5 Å². The van der Waals surface area contributed by atoms with Crippen LogP contribution in [0.15, 0.2) is 18.5 Å². The van der Waals surface area contributed by atoms with Gasteiger partial charge in [0.1, 0.15) is 11.4 Å². The first-order chi connectivity index (χ1) is 17.8. The van der Waals surface area contributed by atoms with Gasteiger partial charge in [0.2, 0.25) is 0 Å². The smallest absolute Gasteiger partial charge is 0.292 e. The maximum absolute atomic E-state index is 14.5. The molecule has 0 radical (unpaired) electrons. The number of Topliss-reactive ketones (excluding diaryl/α,β-unsaturated/α-hetero) is 1. The van der Waals surface area contributed by atoms with Crippen molar-refractivity contribution in [3.05, 3.63) is 58.2 Å². The van der Waals surface area contributed by atoms with E-state index in [1.165, 1.54) is 0 Å². The highest BCUT2D eigenvalue weighted by atomic mass is 19.3. The topological polar surface area (TPSA) is 135 Å². The second-order valence-corrected chi connectivity index (χ2v) is 9.25. The average molecular weight is 515 g/mol. The van der Waals surface area contributed by atoms with Gasteiger partial charge >= 0.3 is 0 Å². The molecule has 10 nitrogen and oxygen atoms in total. The van der Waals surface area contributed by atoms with Crippen LogP contribution in [0.3, 0.4) is 0 Å². The molecule has 1 saturated carbocycles. The van der Waals surface area contributed by atoms with E-state index in [4.69, 9.17) is 0 Å². The van der Waals surface area contributed by atoms with Crippen LogP contribution in [0.5, 0.6) is 0 Å². The largest absolute Gasteiger partial charge is 0.349 e. The number of amides is 2. The first-order valence-corrected chi connectivity index (χ1v) is 11.9. The van der Waals surface area contributed by atoms with E-state index in [-0.39, 0.29) is 23.2 Å². The highest BCUT2D eigenvalue weighted by molar-refractivity contribution is 6.43. The van der Waals surface area contributed by atoms with Gasteiger partial charge in [-0.05, 0) is 56.6 Å². The third-order valence-electron chi connectivity index (χ3n) is 6.85. The van der Waals surface area contributed by atoms with Gasteiger partial charge in [-0.25, -0.2) is 13.2 Å². The Hall–Kier alpha value is -4.03. The SMILES string of the molecule is Cc1c(C(=O)C(=O)NCCCCc2cn[nH]n2)c2n(c1C(=O)Nc1ccnc(C(F)F)c1F)C1CC1C2. The number of anilines is 1. The fraction of sp³-hybridized carbons (Fsp3) is 0.417. The van der Waals surface area contributed by atoms with Crippen molar-refractivity contribution in [3.63, 3.8) is 0 Å². The molecule has 2 amide bonds. The van der Waals surface area contributed by atoms with Crippen LogP contribution in [0.2, 0.25) is 0 Å². The molecule has 37 heavy (non-hydrogen) atoms. The van der Waals surface area contributed by atoms with Crippen molar-refractivity contribution in [2.24, 2.45) is 5.92 Å². The number of aromatic amines is 1. The standard InChI is InChI=1S/C24H24F3N7O3/c1-11-17(21(35)24(37)29-6-3-2-4-13-10-30-33-32-13)16-9-12-8-15(12)34(16)20(11)23(36)31-14-5-7-28-19(18(14)25)22(26)27/h5,7,10,12,15,22H,2-4,6,8-9H2,1H3,(H,29,37)(H,28,31,36)(H,30,32,33). The Morgan fingerprint density at radius 1 is 1.27 bits per heavy atom. The van der Waals surface area contributed by atoms with Crippen molar-refractivity contribution in [1.29, 1.82) is 0 Å². The summed E-state index contributed by atoms with van der Waals surface area (Å²) in [7, 11) is 0. The van der Waals surface area contributed by atoms with Crippen molar-refractivity contribution in [1.82, 2.24) is 30.3 Å². The van der Waals surface area contributed by atoms with Gasteiger partial charge in [-0.1, -0.05) is 0 Å². The normalized spacial score (nSPS) is 17.4. The number of rotatable bonds is 10. The van der Waals surface area contributed by atoms with Crippen molar-refractivity contribution >= 4 is 23.3 Å². The summed E-state index contributed by atoms with van der Waals surface area (Å²) in [4.78, 5) is 42.3. The van der Waals surface area contributed by atoms with E-state index in [2.05, 4.69) is 31.0 Å². The third kappa shape index (κ3) is 4.60. The second-order valence-electron chi connectivity index (χ2n) is 9.25. The van der Waals surface area contributed by atoms with Gasteiger partial charge in [-0.3, -0.25) is 19.4 Å². The van der Waals surface area contributed by atoms with Gasteiger partial charge in [0, 0.05) is 24.5 Å². The van der Waals surface area contributed by atoms with E-state index in [9.17, 15) is 27.6 Å². The Balaban J connectivity index is 1.31. The number of hydrogen-bond acceptors (Lipinski definition) is 6. The summed E-state index contributed by atoms with van der Waals surface area (Å²) < 4.78 is 42.3. The number of fused-ring (bicyclic) bond motifs is 3. The zero-order valence-electron chi connectivity index (χ0n) is 19.9. The van der Waals surface area contributed by atoms with Crippen LogP contribution in [0.1, 0.15) is 75.2 Å². The van der Waals surface area contributed by atoms with E-state index in [0.29, 0.717) is 37.1 Å². The maximum Gasteiger partial charge on any atom is 0.292 e. The summed E-state index contributed by atoms with van der Waals surface area (Å²) in [5, 5.41) is 15.2. The van der Waals surface area contributed by atoms with Crippen LogP contribution in [0.25, 0.3) is 0 Å². The summed E-state index contributed by atoms with van der Waals surface area (Å²) in [6, 6.07) is 1.10. The number of carbonyl (C=O) groups is 3. The Bertz CT molecular complexity index is 1370. The van der Waals surface area contributed by atoms with Crippen molar-refractivity contribution in [3.8, 4) is 0 Å². The summed E-state index contributed by atoms with van der Waals surface area (Å²) in [6.07, 6.45) is 2.90. The highest BCUT2D eigenvalue weighted by Gasteiger charge is 2.50. The number of H-pyrrole nitrogens is 1. The number of carbonyl (C=O) groups excluding carboxylic acids is 3. The number of aryl methyl sites for hydroxylation is 1. The van der Waals surface area contributed by atoms with Crippen LogP contribution in [-0.2, 0) is 17.6 Å². The molecule has 3 N–H and O–H groups in total.